The predicted octanol–water partition coefficient (Wildman–Crippen LogP) is 2.41. The van der Waals surface area contributed by atoms with Crippen LogP contribution in [0.25, 0.3) is 11.4 Å². The number of aromatic amines is 1. The number of pyridine rings is 1. The van der Waals surface area contributed by atoms with Crippen LogP contribution >= 0.6 is 0 Å². The molecule has 3 aromatic heterocycles. The second-order valence-electron chi connectivity index (χ2n) is 7.71. The van der Waals surface area contributed by atoms with Crippen molar-refractivity contribution in [1.29, 1.82) is 0 Å². The quantitative estimate of drug-likeness (QED) is 0.741. The van der Waals surface area contributed by atoms with Crippen LogP contribution in [0.4, 0.5) is 5.82 Å². The summed E-state index contributed by atoms with van der Waals surface area (Å²) < 4.78 is 0. The first-order valence-electron chi connectivity index (χ1n) is 9.73. The zero-order valence-corrected chi connectivity index (χ0v) is 15.9. The zero-order valence-electron chi connectivity index (χ0n) is 15.9. The molecule has 7 nitrogen and oxygen atoms in total. The van der Waals surface area contributed by atoms with Gasteiger partial charge >= 0.3 is 0 Å². The maximum atomic E-state index is 12.7. The van der Waals surface area contributed by atoms with Gasteiger partial charge in [-0.25, -0.2) is 15.0 Å². The molecule has 0 unspecified atom stereocenters. The third-order valence-electron chi connectivity index (χ3n) is 6.11. The minimum Gasteiger partial charge on any atom is -0.356 e. The molecule has 7 heteroatoms. The lowest BCUT2D eigenvalue weighted by molar-refractivity contribution is 0.322. The molecule has 0 saturated carbocycles. The van der Waals surface area contributed by atoms with E-state index in [1.807, 2.05) is 31.3 Å². The van der Waals surface area contributed by atoms with E-state index in [4.69, 9.17) is 4.98 Å². The molecule has 0 amide bonds. The van der Waals surface area contributed by atoms with Crippen molar-refractivity contribution < 1.29 is 0 Å². The number of H-pyrrole nitrogens is 1. The Morgan fingerprint density at radius 1 is 1.11 bits per heavy atom. The fourth-order valence-corrected chi connectivity index (χ4v) is 4.56. The number of hydrogen-bond acceptors (Lipinski definition) is 6. The summed E-state index contributed by atoms with van der Waals surface area (Å²) in [6, 6.07) is 5.76. The van der Waals surface area contributed by atoms with Gasteiger partial charge in [-0.2, -0.15) is 0 Å². The summed E-state index contributed by atoms with van der Waals surface area (Å²) in [6.45, 7) is 3.73. The molecular weight excluding hydrogens is 352 g/mol. The monoisotopic (exact) mass is 374 g/mol. The molecule has 1 fully saturated rings. The summed E-state index contributed by atoms with van der Waals surface area (Å²) in [5.74, 6) is 2.39. The SMILES string of the molecule is Cc1nccc(N2CCC3(CCc4c3nc(-c3cccnc3)[nH]c4=O)CC2)n1. The Hall–Kier alpha value is -3.09. The highest BCUT2D eigenvalue weighted by atomic mass is 16.1. The highest BCUT2D eigenvalue weighted by molar-refractivity contribution is 5.54. The Kier molecular flexibility index (Phi) is 3.96. The number of aromatic nitrogens is 5. The number of nitrogens with zero attached hydrogens (tertiary/aromatic N) is 5. The molecule has 0 atom stereocenters. The van der Waals surface area contributed by atoms with Crippen LogP contribution in [0.15, 0.2) is 41.6 Å². The molecule has 4 heterocycles. The molecular formula is C21H22N6O. The summed E-state index contributed by atoms with van der Waals surface area (Å²) in [6.07, 6.45) is 9.03. The van der Waals surface area contributed by atoms with E-state index >= 15 is 0 Å². The molecule has 1 saturated heterocycles. The van der Waals surface area contributed by atoms with Gasteiger partial charge in [-0.3, -0.25) is 9.78 Å². The van der Waals surface area contributed by atoms with Crippen molar-refractivity contribution in [1.82, 2.24) is 24.9 Å². The number of piperidine rings is 1. The summed E-state index contributed by atoms with van der Waals surface area (Å²) >= 11 is 0. The Bertz CT molecular complexity index is 1070. The van der Waals surface area contributed by atoms with Crippen LogP contribution in [-0.4, -0.2) is 38.0 Å². The van der Waals surface area contributed by atoms with Crippen LogP contribution < -0.4 is 10.5 Å². The largest absolute Gasteiger partial charge is 0.356 e. The number of hydrogen-bond donors (Lipinski definition) is 1. The van der Waals surface area contributed by atoms with Crippen molar-refractivity contribution in [2.75, 3.05) is 18.0 Å². The van der Waals surface area contributed by atoms with Gasteiger partial charge in [0.15, 0.2) is 0 Å². The molecule has 1 N–H and O–H groups in total. The van der Waals surface area contributed by atoms with Gasteiger partial charge in [0.05, 0.1) is 5.69 Å². The molecule has 0 aromatic carbocycles. The molecule has 0 bridgehead atoms. The smallest absolute Gasteiger partial charge is 0.254 e. The van der Waals surface area contributed by atoms with Crippen LogP contribution in [0, 0.1) is 6.92 Å². The first-order chi connectivity index (χ1) is 13.6. The number of nitrogens with one attached hydrogen (secondary N) is 1. The maximum absolute atomic E-state index is 12.7. The minimum atomic E-state index is -0.0148. The highest BCUT2D eigenvalue weighted by Crippen LogP contribution is 2.45. The van der Waals surface area contributed by atoms with Gasteiger partial charge in [-0.1, -0.05) is 0 Å². The Morgan fingerprint density at radius 3 is 2.71 bits per heavy atom. The van der Waals surface area contributed by atoms with Gasteiger partial charge < -0.3 is 9.88 Å². The van der Waals surface area contributed by atoms with Crippen LogP contribution in [0.3, 0.4) is 0 Å². The van der Waals surface area contributed by atoms with E-state index in [2.05, 4.69) is 24.8 Å². The van der Waals surface area contributed by atoms with Gasteiger partial charge in [-0.05, 0) is 50.8 Å². The first-order valence-corrected chi connectivity index (χ1v) is 9.73. The molecule has 28 heavy (non-hydrogen) atoms. The lowest BCUT2D eigenvalue weighted by Gasteiger charge is -2.40. The van der Waals surface area contributed by atoms with Gasteiger partial charge in [0, 0.05) is 48.2 Å². The van der Waals surface area contributed by atoms with E-state index in [1.54, 1.807) is 12.4 Å². The number of anilines is 1. The lowest BCUT2D eigenvalue weighted by Crippen LogP contribution is -2.42. The summed E-state index contributed by atoms with van der Waals surface area (Å²) in [7, 11) is 0. The molecule has 1 spiro atoms. The standard InChI is InChI=1S/C21H22N6O/c1-14-23-10-5-17(24-14)27-11-7-21(8-12-27)6-4-16-18(21)25-19(26-20(16)28)15-3-2-9-22-13-15/h2-3,5,9-10,13H,4,6-8,11-12H2,1H3,(H,25,26,28). The molecule has 5 rings (SSSR count). The Balaban J connectivity index is 1.47. The van der Waals surface area contributed by atoms with Crippen molar-refractivity contribution >= 4 is 5.82 Å². The topological polar surface area (TPSA) is 87.7 Å². The molecule has 1 aliphatic carbocycles. The van der Waals surface area contributed by atoms with E-state index in [0.29, 0.717) is 5.82 Å². The molecule has 1 aliphatic heterocycles. The Labute approximate surface area is 162 Å². The van der Waals surface area contributed by atoms with Crippen molar-refractivity contribution in [2.24, 2.45) is 0 Å². The fourth-order valence-electron chi connectivity index (χ4n) is 4.56. The Morgan fingerprint density at radius 2 is 1.96 bits per heavy atom. The average molecular weight is 374 g/mol. The van der Waals surface area contributed by atoms with E-state index in [-0.39, 0.29) is 11.0 Å². The second kappa shape index (κ2) is 6.51. The average Bonchev–Trinajstić information content (AvgIpc) is 3.08. The van der Waals surface area contributed by atoms with Crippen LogP contribution in [-0.2, 0) is 11.8 Å². The summed E-state index contributed by atoms with van der Waals surface area (Å²) in [5, 5.41) is 0. The molecule has 142 valence electrons. The second-order valence-corrected chi connectivity index (χ2v) is 7.71. The van der Waals surface area contributed by atoms with Crippen molar-refractivity contribution in [3.63, 3.8) is 0 Å². The third kappa shape index (κ3) is 2.78. The van der Waals surface area contributed by atoms with E-state index in [1.165, 1.54) is 0 Å². The van der Waals surface area contributed by atoms with E-state index in [0.717, 1.165) is 67.2 Å². The van der Waals surface area contributed by atoms with Crippen molar-refractivity contribution in [3.05, 3.63) is 64.2 Å². The predicted molar refractivity (Wildman–Crippen MR) is 106 cm³/mol. The molecule has 2 aliphatic rings. The van der Waals surface area contributed by atoms with E-state index in [9.17, 15) is 4.79 Å². The highest BCUT2D eigenvalue weighted by Gasteiger charge is 2.44. The van der Waals surface area contributed by atoms with Crippen LogP contribution in [0.2, 0.25) is 0 Å². The molecule has 3 aromatic rings. The van der Waals surface area contributed by atoms with Gasteiger partial charge in [0.2, 0.25) is 0 Å². The van der Waals surface area contributed by atoms with Crippen LogP contribution in [0.1, 0.15) is 36.3 Å². The van der Waals surface area contributed by atoms with E-state index < -0.39 is 0 Å². The summed E-state index contributed by atoms with van der Waals surface area (Å²) in [4.78, 5) is 35.8. The van der Waals surface area contributed by atoms with Crippen molar-refractivity contribution in [3.8, 4) is 11.4 Å². The fraction of sp³-hybridized carbons (Fsp3) is 0.381. The van der Waals surface area contributed by atoms with Gasteiger partial charge in [0.1, 0.15) is 17.5 Å². The summed E-state index contributed by atoms with van der Waals surface area (Å²) in [5.41, 5.74) is 2.68. The number of rotatable bonds is 2. The number of fused-ring (bicyclic) bond motifs is 2. The van der Waals surface area contributed by atoms with Crippen LogP contribution in [0.5, 0.6) is 0 Å². The minimum absolute atomic E-state index is 0.00502. The first kappa shape index (κ1) is 17.0. The number of aryl methyl sites for hydroxylation is 1. The third-order valence-corrected chi connectivity index (χ3v) is 6.11. The normalized spacial score (nSPS) is 17.7. The molecule has 0 radical (unpaired) electrons. The lowest BCUT2D eigenvalue weighted by atomic mass is 9.76. The van der Waals surface area contributed by atoms with Crippen molar-refractivity contribution in [2.45, 2.75) is 38.0 Å². The maximum Gasteiger partial charge on any atom is 0.254 e. The van der Waals surface area contributed by atoms with Gasteiger partial charge in [-0.15, -0.1) is 0 Å². The zero-order chi connectivity index (χ0) is 19.1. The van der Waals surface area contributed by atoms with Gasteiger partial charge in [0.25, 0.3) is 5.56 Å².